The summed E-state index contributed by atoms with van der Waals surface area (Å²) in [5.41, 5.74) is 0.771. The minimum atomic E-state index is -0.538. The van der Waals surface area contributed by atoms with Crippen molar-refractivity contribution in [2.24, 2.45) is 0 Å². The fourth-order valence-electron chi connectivity index (χ4n) is 1.46. The quantitative estimate of drug-likeness (QED) is 0.865. The molecule has 0 atom stereocenters. The van der Waals surface area contributed by atoms with E-state index in [4.69, 9.17) is 4.74 Å². The molecular weight excluding hydrogens is 250 g/mol. The molecule has 0 saturated carbocycles. The summed E-state index contributed by atoms with van der Waals surface area (Å²) in [5.74, 6) is 1.24. The smallest absolute Gasteiger partial charge is 0.407 e. The van der Waals surface area contributed by atoms with Crippen LogP contribution in [0.1, 0.15) is 5.82 Å². The first kappa shape index (κ1) is 12.8. The molecule has 0 bridgehead atoms. The molecule has 19 heavy (non-hydrogen) atoms. The molecule has 0 aliphatic carbocycles. The van der Waals surface area contributed by atoms with Crippen LogP contribution in [-0.4, -0.2) is 40.5 Å². The maximum absolute atomic E-state index is 11.0. The largest absolute Gasteiger partial charge is 0.497 e. The lowest BCUT2D eigenvalue weighted by Crippen LogP contribution is -2.24. The molecule has 2 aromatic rings. The maximum atomic E-state index is 11.0. The van der Waals surface area contributed by atoms with Crippen LogP contribution in [0.3, 0.4) is 0 Å². The topological polar surface area (TPSA) is 91.2 Å². The summed E-state index contributed by atoms with van der Waals surface area (Å²) < 4.78 is 11.1. The number of hydrogen-bond acceptors (Lipinski definition) is 6. The maximum Gasteiger partial charge on any atom is 0.407 e. The van der Waals surface area contributed by atoms with Crippen molar-refractivity contribution in [3.05, 3.63) is 30.1 Å². The highest BCUT2D eigenvalue weighted by Crippen LogP contribution is 2.14. The molecular formula is C11H13N5O3. The first-order chi connectivity index (χ1) is 9.24. The number of nitrogens with zero attached hydrogens (tertiary/aromatic N) is 4. The van der Waals surface area contributed by atoms with E-state index in [0.29, 0.717) is 5.82 Å². The van der Waals surface area contributed by atoms with Crippen LogP contribution in [-0.2, 0) is 11.3 Å². The van der Waals surface area contributed by atoms with Crippen LogP contribution in [0.5, 0.6) is 5.75 Å². The number of benzene rings is 1. The van der Waals surface area contributed by atoms with Crippen LogP contribution in [0.25, 0.3) is 5.69 Å². The molecule has 0 unspecified atom stereocenters. The Bertz CT molecular complexity index is 552. The Morgan fingerprint density at radius 1 is 1.32 bits per heavy atom. The minimum absolute atomic E-state index is 0.172. The summed E-state index contributed by atoms with van der Waals surface area (Å²) in [4.78, 5) is 11.0. The number of alkyl carbamates (subject to hydrolysis) is 1. The molecule has 0 radical (unpaired) electrons. The highest BCUT2D eigenvalue weighted by Gasteiger charge is 2.09. The van der Waals surface area contributed by atoms with Crippen molar-refractivity contribution in [3.8, 4) is 11.4 Å². The predicted molar refractivity (Wildman–Crippen MR) is 65.0 cm³/mol. The number of ether oxygens (including phenoxy) is 2. The van der Waals surface area contributed by atoms with Crippen LogP contribution < -0.4 is 10.1 Å². The van der Waals surface area contributed by atoms with Crippen molar-refractivity contribution in [2.45, 2.75) is 6.54 Å². The summed E-state index contributed by atoms with van der Waals surface area (Å²) in [6.45, 7) is 0.172. The monoisotopic (exact) mass is 263 g/mol. The van der Waals surface area contributed by atoms with E-state index in [-0.39, 0.29) is 6.54 Å². The highest BCUT2D eigenvalue weighted by molar-refractivity contribution is 5.66. The molecule has 0 aliphatic heterocycles. The van der Waals surface area contributed by atoms with Gasteiger partial charge in [-0.15, -0.1) is 5.10 Å². The molecule has 0 spiro atoms. The first-order valence-corrected chi connectivity index (χ1v) is 5.48. The number of carbonyl (C=O) groups excluding carboxylic acids is 1. The van der Waals surface area contributed by atoms with Gasteiger partial charge in [0.15, 0.2) is 5.82 Å². The lowest BCUT2D eigenvalue weighted by molar-refractivity contribution is 0.170. The molecule has 8 nitrogen and oxygen atoms in total. The van der Waals surface area contributed by atoms with Crippen molar-refractivity contribution in [1.82, 2.24) is 25.5 Å². The third-order valence-corrected chi connectivity index (χ3v) is 2.43. The summed E-state index contributed by atoms with van der Waals surface area (Å²) in [6, 6.07) is 7.23. The van der Waals surface area contributed by atoms with Gasteiger partial charge in [0.1, 0.15) is 5.75 Å². The molecule has 1 amide bonds. The standard InChI is InChI=1S/C11H13N5O3/c1-18-9-5-3-8(4-6-9)16-10(13-14-15-16)7-12-11(17)19-2/h3-6H,7H2,1-2H3,(H,12,17). The number of hydrogen-bond donors (Lipinski definition) is 1. The van der Waals surface area contributed by atoms with Gasteiger partial charge in [-0.3, -0.25) is 0 Å². The second-order valence-corrected chi connectivity index (χ2v) is 3.55. The number of tetrazole rings is 1. The number of rotatable bonds is 4. The molecule has 100 valence electrons. The first-order valence-electron chi connectivity index (χ1n) is 5.48. The van der Waals surface area contributed by atoms with Crippen molar-refractivity contribution < 1.29 is 14.3 Å². The summed E-state index contributed by atoms with van der Waals surface area (Å²) in [5, 5.41) is 13.8. The van der Waals surface area contributed by atoms with E-state index in [1.54, 1.807) is 19.2 Å². The van der Waals surface area contributed by atoms with Gasteiger partial charge in [0.25, 0.3) is 0 Å². The van der Waals surface area contributed by atoms with Gasteiger partial charge in [-0.1, -0.05) is 0 Å². The molecule has 0 aliphatic rings. The molecule has 1 aromatic carbocycles. The van der Waals surface area contributed by atoms with Crippen LogP contribution in [0.2, 0.25) is 0 Å². The molecule has 8 heteroatoms. The minimum Gasteiger partial charge on any atom is -0.497 e. The second-order valence-electron chi connectivity index (χ2n) is 3.55. The molecule has 2 rings (SSSR count). The van der Waals surface area contributed by atoms with E-state index in [2.05, 4.69) is 25.6 Å². The van der Waals surface area contributed by atoms with Gasteiger partial charge in [-0.25, -0.2) is 4.79 Å². The number of aromatic nitrogens is 4. The average Bonchev–Trinajstić information content (AvgIpc) is 2.93. The Morgan fingerprint density at radius 3 is 2.68 bits per heavy atom. The van der Waals surface area contributed by atoms with E-state index in [1.165, 1.54) is 11.8 Å². The number of amides is 1. The van der Waals surface area contributed by atoms with Crippen LogP contribution >= 0.6 is 0 Å². The van der Waals surface area contributed by atoms with Gasteiger partial charge in [0.05, 0.1) is 26.5 Å². The van der Waals surface area contributed by atoms with Gasteiger partial charge >= 0.3 is 6.09 Å². The molecule has 1 N–H and O–H groups in total. The van der Waals surface area contributed by atoms with Crippen molar-refractivity contribution in [1.29, 1.82) is 0 Å². The third-order valence-electron chi connectivity index (χ3n) is 2.43. The average molecular weight is 263 g/mol. The Labute approximate surface area is 109 Å². The van der Waals surface area contributed by atoms with Crippen LogP contribution in [0.4, 0.5) is 4.79 Å². The molecule has 0 saturated heterocycles. The highest BCUT2D eigenvalue weighted by atomic mass is 16.5. The van der Waals surface area contributed by atoms with Gasteiger partial charge in [0, 0.05) is 0 Å². The Balaban J connectivity index is 2.15. The van der Waals surface area contributed by atoms with Crippen LogP contribution in [0.15, 0.2) is 24.3 Å². The molecule has 1 aromatic heterocycles. The van der Waals surface area contributed by atoms with Gasteiger partial charge in [0.2, 0.25) is 0 Å². The zero-order chi connectivity index (χ0) is 13.7. The normalized spacial score (nSPS) is 10.0. The van der Waals surface area contributed by atoms with Gasteiger partial charge in [-0.05, 0) is 34.7 Å². The SMILES string of the molecule is COC(=O)NCc1nnnn1-c1ccc(OC)cc1. The van der Waals surface area contributed by atoms with Crippen molar-refractivity contribution in [2.75, 3.05) is 14.2 Å². The fraction of sp³-hybridized carbons (Fsp3) is 0.273. The zero-order valence-corrected chi connectivity index (χ0v) is 10.5. The molecule has 0 fully saturated rings. The number of carbonyl (C=O) groups is 1. The Kier molecular flexibility index (Phi) is 3.91. The number of nitrogens with one attached hydrogen (secondary N) is 1. The van der Waals surface area contributed by atoms with E-state index >= 15 is 0 Å². The van der Waals surface area contributed by atoms with Crippen LogP contribution in [0, 0.1) is 0 Å². The van der Waals surface area contributed by atoms with Crippen molar-refractivity contribution >= 4 is 6.09 Å². The fourth-order valence-corrected chi connectivity index (χ4v) is 1.46. The Hall–Kier alpha value is -2.64. The number of methoxy groups -OCH3 is 2. The third kappa shape index (κ3) is 2.97. The summed E-state index contributed by atoms with van der Waals surface area (Å²) in [7, 11) is 2.89. The van der Waals surface area contributed by atoms with Crippen molar-refractivity contribution in [3.63, 3.8) is 0 Å². The summed E-state index contributed by atoms with van der Waals surface area (Å²) >= 11 is 0. The lowest BCUT2D eigenvalue weighted by atomic mass is 10.3. The lowest BCUT2D eigenvalue weighted by Gasteiger charge is -2.06. The zero-order valence-electron chi connectivity index (χ0n) is 10.5. The Morgan fingerprint density at radius 2 is 2.05 bits per heavy atom. The molecule has 1 heterocycles. The predicted octanol–water partition coefficient (Wildman–Crippen LogP) is 0.527. The van der Waals surface area contributed by atoms with Gasteiger partial charge < -0.3 is 14.8 Å². The van der Waals surface area contributed by atoms with Gasteiger partial charge in [-0.2, -0.15) is 4.68 Å². The van der Waals surface area contributed by atoms with E-state index < -0.39 is 6.09 Å². The summed E-state index contributed by atoms with van der Waals surface area (Å²) in [6.07, 6.45) is -0.538. The van der Waals surface area contributed by atoms with E-state index in [0.717, 1.165) is 11.4 Å². The van der Waals surface area contributed by atoms with E-state index in [1.807, 2.05) is 12.1 Å². The van der Waals surface area contributed by atoms with E-state index in [9.17, 15) is 4.79 Å². The second kappa shape index (κ2) is 5.80.